The van der Waals surface area contributed by atoms with Crippen molar-refractivity contribution in [2.24, 2.45) is 5.10 Å². The van der Waals surface area contributed by atoms with E-state index >= 15 is 0 Å². The number of rotatable bonds is 3. The number of thioether (sulfide) groups is 1. The van der Waals surface area contributed by atoms with E-state index in [1.165, 1.54) is 11.1 Å². The highest BCUT2D eigenvalue weighted by atomic mass is 32.2. The van der Waals surface area contributed by atoms with Crippen LogP contribution in [-0.2, 0) is 6.42 Å². The number of aromatic nitrogens is 3. The Labute approximate surface area is 139 Å². The molecule has 0 saturated heterocycles. The number of hydrogen-bond donors (Lipinski definition) is 0. The third kappa shape index (κ3) is 2.68. The predicted octanol–water partition coefficient (Wildman–Crippen LogP) is 3.87. The Bertz CT molecular complexity index is 850. The molecule has 0 fully saturated rings. The van der Waals surface area contributed by atoms with Gasteiger partial charge in [-0.3, -0.25) is 0 Å². The first-order chi connectivity index (χ1) is 11.3. The maximum absolute atomic E-state index is 4.74. The van der Waals surface area contributed by atoms with Gasteiger partial charge >= 0.3 is 0 Å². The van der Waals surface area contributed by atoms with Gasteiger partial charge in [-0.1, -0.05) is 73.3 Å². The molecule has 23 heavy (non-hydrogen) atoms. The first kappa shape index (κ1) is 14.2. The molecule has 0 radical (unpaired) electrons. The molecule has 0 bridgehead atoms. The molecule has 0 N–H and O–H groups in total. The number of aryl methyl sites for hydroxylation is 1. The van der Waals surface area contributed by atoms with Crippen LogP contribution in [0.15, 0.2) is 64.9 Å². The Morgan fingerprint density at radius 2 is 1.61 bits per heavy atom. The van der Waals surface area contributed by atoms with Crippen molar-refractivity contribution in [3.05, 3.63) is 66.0 Å². The predicted molar refractivity (Wildman–Crippen MR) is 93.9 cm³/mol. The standard InChI is InChI=1S/C18H16N4S/c1-2-17-19-20-18-22(17)21-16(12-23-18)15-10-8-14(9-11-15)13-6-4-3-5-7-13/h3-11H,2,12H2,1H3. The fourth-order valence-corrected chi connectivity index (χ4v) is 3.47. The molecule has 0 unspecified atom stereocenters. The summed E-state index contributed by atoms with van der Waals surface area (Å²) in [4.78, 5) is 0. The Morgan fingerprint density at radius 1 is 0.913 bits per heavy atom. The molecule has 0 spiro atoms. The number of nitrogens with zero attached hydrogens (tertiary/aromatic N) is 4. The summed E-state index contributed by atoms with van der Waals surface area (Å²) in [5.41, 5.74) is 4.67. The van der Waals surface area contributed by atoms with E-state index in [1.54, 1.807) is 11.8 Å². The van der Waals surface area contributed by atoms with Crippen molar-refractivity contribution in [2.45, 2.75) is 18.5 Å². The summed E-state index contributed by atoms with van der Waals surface area (Å²) in [6.07, 6.45) is 0.831. The Morgan fingerprint density at radius 3 is 2.35 bits per heavy atom. The zero-order chi connectivity index (χ0) is 15.6. The van der Waals surface area contributed by atoms with Crippen LogP contribution < -0.4 is 0 Å². The molecular weight excluding hydrogens is 304 g/mol. The van der Waals surface area contributed by atoms with Gasteiger partial charge in [-0.25, -0.2) is 0 Å². The van der Waals surface area contributed by atoms with Crippen LogP contribution in [0.4, 0.5) is 0 Å². The first-order valence-electron chi connectivity index (χ1n) is 7.66. The van der Waals surface area contributed by atoms with Crippen LogP contribution in [-0.4, -0.2) is 26.3 Å². The Hall–Kier alpha value is -2.40. The zero-order valence-corrected chi connectivity index (χ0v) is 13.6. The van der Waals surface area contributed by atoms with Crippen LogP contribution in [0.1, 0.15) is 18.3 Å². The minimum atomic E-state index is 0.826. The van der Waals surface area contributed by atoms with Gasteiger partial charge in [0.2, 0.25) is 5.16 Å². The van der Waals surface area contributed by atoms with E-state index in [9.17, 15) is 0 Å². The molecule has 1 aliphatic rings. The molecule has 2 heterocycles. The molecule has 0 amide bonds. The molecule has 1 aliphatic heterocycles. The van der Waals surface area contributed by atoms with E-state index < -0.39 is 0 Å². The number of hydrogen-bond acceptors (Lipinski definition) is 4. The summed E-state index contributed by atoms with van der Waals surface area (Å²) in [6.45, 7) is 2.07. The SMILES string of the molecule is CCc1nnc2n1N=C(c1ccc(-c3ccccc3)cc1)CS2. The quantitative estimate of drug-likeness (QED) is 0.736. The highest BCUT2D eigenvalue weighted by molar-refractivity contribution is 7.99. The average molecular weight is 320 g/mol. The summed E-state index contributed by atoms with van der Waals surface area (Å²) in [5, 5.41) is 14.0. The van der Waals surface area contributed by atoms with E-state index in [-0.39, 0.29) is 0 Å². The molecule has 4 rings (SSSR count). The second-order valence-electron chi connectivity index (χ2n) is 5.34. The van der Waals surface area contributed by atoms with Crippen molar-refractivity contribution in [1.82, 2.24) is 14.9 Å². The summed E-state index contributed by atoms with van der Waals surface area (Å²) in [7, 11) is 0. The minimum Gasteiger partial charge on any atom is -0.191 e. The van der Waals surface area contributed by atoms with Crippen LogP contribution in [0.2, 0.25) is 0 Å². The molecule has 0 atom stereocenters. The highest BCUT2D eigenvalue weighted by Crippen LogP contribution is 2.25. The first-order valence-corrected chi connectivity index (χ1v) is 8.64. The van der Waals surface area contributed by atoms with E-state index in [2.05, 4.69) is 65.7 Å². The fourth-order valence-electron chi connectivity index (χ4n) is 2.62. The van der Waals surface area contributed by atoms with Gasteiger partial charge < -0.3 is 0 Å². The van der Waals surface area contributed by atoms with E-state index in [0.29, 0.717) is 0 Å². The minimum absolute atomic E-state index is 0.826. The molecule has 0 saturated carbocycles. The van der Waals surface area contributed by atoms with Gasteiger partial charge in [-0.2, -0.15) is 9.78 Å². The lowest BCUT2D eigenvalue weighted by molar-refractivity contribution is 0.714. The van der Waals surface area contributed by atoms with E-state index in [1.807, 2.05) is 10.7 Å². The van der Waals surface area contributed by atoms with Gasteiger partial charge in [0.15, 0.2) is 5.82 Å². The number of fused-ring (bicyclic) bond motifs is 1. The van der Waals surface area contributed by atoms with Crippen LogP contribution in [0, 0.1) is 0 Å². The van der Waals surface area contributed by atoms with Gasteiger partial charge in [-0.05, 0) is 16.7 Å². The molecular formula is C18H16N4S. The lowest BCUT2D eigenvalue weighted by Gasteiger charge is -2.14. The smallest absolute Gasteiger partial charge is 0.191 e. The third-order valence-corrected chi connectivity index (χ3v) is 4.81. The van der Waals surface area contributed by atoms with Gasteiger partial charge in [0, 0.05) is 12.2 Å². The van der Waals surface area contributed by atoms with Crippen molar-refractivity contribution in [2.75, 3.05) is 5.75 Å². The van der Waals surface area contributed by atoms with Gasteiger partial charge in [0.25, 0.3) is 0 Å². The van der Waals surface area contributed by atoms with Crippen molar-refractivity contribution in [3.8, 4) is 11.1 Å². The second kappa shape index (κ2) is 6.01. The van der Waals surface area contributed by atoms with Crippen LogP contribution in [0.25, 0.3) is 11.1 Å². The van der Waals surface area contributed by atoms with Crippen molar-refractivity contribution in [1.29, 1.82) is 0 Å². The van der Waals surface area contributed by atoms with E-state index in [0.717, 1.165) is 34.4 Å². The average Bonchev–Trinajstić information content (AvgIpc) is 3.05. The second-order valence-corrected chi connectivity index (χ2v) is 6.29. The maximum Gasteiger partial charge on any atom is 0.212 e. The van der Waals surface area contributed by atoms with E-state index in [4.69, 9.17) is 5.10 Å². The largest absolute Gasteiger partial charge is 0.212 e. The van der Waals surface area contributed by atoms with Crippen LogP contribution >= 0.6 is 11.8 Å². The lowest BCUT2D eigenvalue weighted by atomic mass is 10.0. The van der Waals surface area contributed by atoms with Gasteiger partial charge in [0.1, 0.15) is 0 Å². The number of benzene rings is 2. The molecule has 114 valence electrons. The molecule has 2 aromatic carbocycles. The molecule has 5 heteroatoms. The van der Waals surface area contributed by atoms with Gasteiger partial charge in [0.05, 0.1) is 5.71 Å². The molecule has 0 aliphatic carbocycles. The third-order valence-electron chi connectivity index (χ3n) is 3.88. The van der Waals surface area contributed by atoms with Gasteiger partial charge in [-0.15, -0.1) is 10.2 Å². The van der Waals surface area contributed by atoms with Crippen LogP contribution in [0.5, 0.6) is 0 Å². The molecule has 3 aromatic rings. The normalized spacial score (nSPS) is 13.5. The maximum atomic E-state index is 4.74. The monoisotopic (exact) mass is 320 g/mol. The summed E-state index contributed by atoms with van der Waals surface area (Å²) < 4.78 is 1.87. The summed E-state index contributed by atoms with van der Waals surface area (Å²) in [6, 6.07) is 19.0. The molecule has 1 aromatic heterocycles. The van der Waals surface area contributed by atoms with Crippen molar-refractivity contribution >= 4 is 17.5 Å². The Kier molecular flexibility index (Phi) is 3.71. The Balaban J connectivity index is 1.66. The topological polar surface area (TPSA) is 43.1 Å². The zero-order valence-electron chi connectivity index (χ0n) is 12.8. The molecule has 4 nitrogen and oxygen atoms in total. The van der Waals surface area contributed by atoms with Crippen LogP contribution in [0.3, 0.4) is 0 Å². The van der Waals surface area contributed by atoms with Crippen molar-refractivity contribution < 1.29 is 0 Å². The summed E-state index contributed by atoms with van der Waals surface area (Å²) >= 11 is 1.69. The highest BCUT2D eigenvalue weighted by Gasteiger charge is 2.18. The fraction of sp³-hybridized carbons (Fsp3) is 0.167. The van der Waals surface area contributed by atoms with Crippen molar-refractivity contribution in [3.63, 3.8) is 0 Å². The summed E-state index contributed by atoms with van der Waals surface area (Å²) in [5.74, 6) is 1.73. The lowest BCUT2D eigenvalue weighted by Crippen LogP contribution is -2.14.